The number of rotatable bonds is 4. The number of furan rings is 1. The number of hydrogen-bond acceptors (Lipinski definition) is 2. The minimum Gasteiger partial charge on any atom is -0.455 e. The lowest BCUT2D eigenvalue weighted by Gasteiger charge is -2.18. The monoisotopic (exact) mass is 488 g/mol. The van der Waals surface area contributed by atoms with Gasteiger partial charge in [-0.2, -0.15) is 0 Å². The van der Waals surface area contributed by atoms with Gasteiger partial charge in [-0.05, 0) is 58.6 Å². The Hall–Kier alpha value is -4.17. The molecule has 6 aromatic rings. The van der Waals surface area contributed by atoms with Gasteiger partial charge in [0, 0.05) is 34.9 Å². The van der Waals surface area contributed by atoms with Gasteiger partial charge in [-0.25, -0.2) is 0 Å². The van der Waals surface area contributed by atoms with Gasteiger partial charge in [-0.3, -0.25) is 4.98 Å². The van der Waals surface area contributed by atoms with E-state index >= 15 is 0 Å². The molecule has 0 radical (unpaired) electrons. The molecule has 182 valence electrons. The molecule has 0 saturated heterocycles. The first-order valence-corrected chi connectivity index (χ1v) is 12.3. The smallest absolute Gasteiger partial charge is 0.144 e. The molecule has 4 aromatic carbocycles. The fraction of sp³-hybridized carbons (Fsp3) is 0.171. The fourth-order valence-electron chi connectivity index (χ4n) is 4.72. The van der Waals surface area contributed by atoms with Crippen molar-refractivity contribution in [1.82, 2.24) is 4.98 Å². The Morgan fingerprint density at radius 2 is 1.46 bits per heavy atom. The number of nitrogens with zero attached hydrogens (tertiary/aromatic N) is 1. The van der Waals surface area contributed by atoms with Gasteiger partial charge in [0.2, 0.25) is 0 Å². The van der Waals surface area contributed by atoms with Crippen LogP contribution in [0.1, 0.15) is 41.5 Å². The minimum atomic E-state index is -2.56. The quantitative estimate of drug-likeness (QED) is 0.247. The van der Waals surface area contributed by atoms with Crippen LogP contribution < -0.4 is 0 Å². The van der Waals surface area contributed by atoms with E-state index in [2.05, 4.69) is 4.98 Å². The molecule has 0 spiro atoms. The van der Waals surface area contributed by atoms with E-state index in [-0.39, 0.29) is 34.3 Å². The lowest BCUT2D eigenvalue weighted by atomic mass is 9.87. The topological polar surface area (TPSA) is 26.0 Å². The van der Waals surface area contributed by atoms with Crippen molar-refractivity contribution in [2.45, 2.75) is 34.0 Å². The third kappa shape index (κ3) is 4.44. The Bertz CT molecular complexity index is 2010. The first kappa shape index (κ1) is 16.6. The Labute approximate surface area is 228 Å². The molecule has 0 unspecified atom stereocenters. The molecule has 0 aliphatic carbocycles. The van der Waals surface area contributed by atoms with Crippen LogP contribution in [-0.4, -0.2) is 4.98 Å². The average Bonchev–Trinajstić information content (AvgIpc) is 3.35. The molecule has 2 nitrogen and oxygen atoms in total. The Kier molecular flexibility index (Phi) is 4.05. The fourth-order valence-corrected chi connectivity index (χ4v) is 4.72. The van der Waals surface area contributed by atoms with Gasteiger partial charge in [0.25, 0.3) is 0 Å². The molecule has 0 amide bonds. The summed E-state index contributed by atoms with van der Waals surface area (Å²) in [7, 11) is 0. The Morgan fingerprint density at radius 1 is 0.784 bits per heavy atom. The van der Waals surface area contributed by atoms with Crippen LogP contribution in [0.5, 0.6) is 0 Å². The first-order valence-electron chi connectivity index (χ1n) is 15.8. The van der Waals surface area contributed by atoms with Crippen molar-refractivity contribution >= 4 is 21.9 Å². The molecule has 2 aromatic heterocycles. The summed E-state index contributed by atoms with van der Waals surface area (Å²) in [4.78, 5) is 4.55. The standard InChI is InChI=1S/C35H31NO/c1-23-22-36-32(20-31(23)26-18-16-24(17-19-26)21-35(2,3)4)30-15-9-14-29-28-13-8-12-27(33(28)37-34(29)30)25-10-6-5-7-11-25/h5-20,22H,21H2,1-4H3/i1D3,18D,19D,21D2. The maximum atomic E-state index is 8.85. The number of benzene rings is 4. The Balaban J connectivity index is 1.57. The SMILES string of the molecule is [2H]c1cc(C([2H])([2H])C(C)(C)C)cc([2H])c1-c1cc(-c2cccc3c2oc2c(-c4ccccc4)cccc23)ncc1C([2H])([2H])[2H]. The summed E-state index contributed by atoms with van der Waals surface area (Å²) in [6.45, 7) is 2.72. The number of hydrogen-bond donors (Lipinski definition) is 0. The molecule has 0 N–H and O–H groups in total. The maximum Gasteiger partial charge on any atom is 0.144 e. The molecule has 0 aliphatic heterocycles. The molecule has 0 fully saturated rings. The lowest BCUT2D eigenvalue weighted by Crippen LogP contribution is -2.08. The van der Waals surface area contributed by atoms with Gasteiger partial charge in [0.05, 0.1) is 8.44 Å². The molecule has 0 aliphatic rings. The third-order valence-corrected chi connectivity index (χ3v) is 6.32. The summed E-state index contributed by atoms with van der Waals surface area (Å²) < 4.78 is 66.2. The summed E-state index contributed by atoms with van der Waals surface area (Å²) in [5, 5.41) is 1.82. The molecule has 6 rings (SSSR count). The van der Waals surface area contributed by atoms with Crippen LogP contribution in [0.4, 0.5) is 0 Å². The summed E-state index contributed by atoms with van der Waals surface area (Å²) in [6, 6.07) is 25.9. The zero-order valence-electron chi connectivity index (χ0n) is 28.0. The van der Waals surface area contributed by atoms with Gasteiger partial charge >= 0.3 is 0 Å². The Morgan fingerprint density at radius 3 is 2.14 bits per heavy atom. The second kappa shape index (κ2) is 9.05. The van der Waals surface area contributed by atoms with E-state index in [0.29, 0.717) is 16.8 Å². The van der Waals surface area contributed by atoms with Crippen LogP contribution in [0.3, 0.4) is 0 Å². The number of fused-ring (bicyclic) bond motifs is 3. The van der Waals surface area contributed by atoms with Crippen LogP contribution in [0.25, 0.3) is 55.4 Å². The van der Waals surface area contributed by atoms with Crippen LogP contribution in [0, 0.1) is 12.3 Å². The summed E-state index contributed by atoms with van der Waals surface area (Å²) in [5.74, 6) is 0. The molecule has 2 heterocycles. The van der Waals surface area contributed by atoms with Crippen LogP contribution in [-0.2, 0) is 6.37 Å². The molecule has 0 atom stereocenters. The maximum absolute atomic E-state index is 8.85. The summed E-state index contributed by atoms with van der Waals surface area (Å²) in [6.07, 6.45) is -0.529. The number of aromatic nitrogens is 1. The van der Waals surface area contributed by atoms with Crippen LogP contribution in [0.15, 0.2) is 108 Å². The molecular formula is C35H31NO. The van der Waals surface area contributed by atoms with Crippen LogP contribution >= 0.6 is 0 Å². The van der Waals surface area contributed by atoms with Crippen molar-refractivity contribution in [3.63, 3.8) is 0 Å². The normalized spacial score (nSPS) is 15.4. The highest BCUT2D eigenvalue weighted by atomic mass is 16.3. The molecule has 0 saturated carbocycles. The number of aryl methyl sites for hydroxylation is 1. The van der Waals surface area contributed by atoms with Gasteiger partial charge in [0.15, 0.2) is 0 Å². The lowest BCUT2D eigenvalue weighted by molar-refractivity contribution is 0.411. The highest BCUT2D eigenvalue weighted by Gasteiger charge is 2.17. The zero-order chi connectivity index (χ0) is 31.6. The van der Waals surface area contributed by atoms with Crippen molar-refractivity contribution in [2.24, 2.45) is 5.41 Å². The van der Waals surface area contributed by atoms with Crippen molar-refractivity contribution in [1.29, 1.82) is 0 Å². The van der Waals surface area contributed by atoms with Gasteiger partial charge < -0.3 is 4.42 Å². The van der Waals surface area contributed by atoms with Crippen molar-refractivity contribution in [2.75, 3.05) is 0 Å². The third-order valence-electron chi connectivity index (χ3n) is 6.32. The van der Waals surface area contributed by atoms with E-state index in [1.54, 1.807) is 26.8 Å². The first-order chi connectivity index (χ1) is 20.7. The minimum absolute atomic E-state index is 0.0852. The number of pyridine rings is 1. The largest absolute Gasteiger partial charge is 0.455 e. The average molecular weight is 489 g/mol. The molecule has 0 bridgehead atoms. The van der Waals surface area contributed by atoms with Gasteiger partial charge in [-0.1, -0.05) is 106 Å². The summed E-state index contributed by atoms with van der Waals surface area (Å²) >= 11 is 0. The van der Waals surface area contributed by atoms with Crippen molar-refractivity contribution in [3.8, 4) is 33.5 Å². The van der Waals surface area contributed by atoms with Crippen molar-refractivity contribution < 1.29 is 14.0 Å². The van der Waals surface area contributed by atoms with Crippen LogP contribution in [0.2, 0.25) is 0 Å². The highest BCUT2D eigenvalue weighted by molar-refractivity contribution is 6.12. The van der Waals surface area contributed by atoms with E-state index in [1.807, 2.05) is 66.7 Å². The zero-order valence-corrected chi connectivity index (χ0v) is 21.0. The summed E-state index contributed by atoms with van der Waals surface area (Å²) in [5.41, 5.74) is 4.00. The van der Waals surface area contributed by atoms with E-state index < -0.39 is 18.6 Å². The van der Waals surface area contributed by atoms with Gasteiger partial charge in [-0.15, -0.1) is 0 Å². The highest BCUT2D eigenvalue weighted by Crippen LogP contribution is 2.40. The van der Waals surface area contributed by atoms with Crippen molar-refractivity contribution in [3.05, 3.63) is 114 Å². The molecule has 37 heavy (non-hydrogen) atoms. The van der Waals surface area contributed by atoms with E-state index in [1.165, 1.54) is 18.3 Å². The molecule has 2 heteroatoms. The molecular weight excluding hydrogens is 450 g/mol. The second-order valence-electron chi connectivity index (χ2n) is 10.2. The number of para-hydroxylation sites is 2. The van der Waals surface area contributed by atoms with E-state index in [9.17, 15) is 0 Å². The predicted octanol–water partition coefficient (Wildman–Crippen LogP) is 9.88. The van der Waals surface area contributed by atoms with Gasteiger partial charge in [0.1, 0.15) is 11.2 Å². The predicted molar refractivity (Wildman–Crippen MR) is 156 cm³/mol. The van der Waals surface area contributed by atoms with E-state index in [0.717, 1.165) is 27.5 Å². The second-order valence-corrected chi connectivity index (χ2v) is 10.2. The van der Waals surface area contributed by atoms with E-state index in [4.69, 9.17) is 14.0 Å².